The lowest BCUT2D eigenvalue weighted by molar-refractivity contribution is -0.385. The largest absolute Gasteiger partial charge is 0.454 e. The van der Waals surface area contributed by atoms with Crippen molar-refractivity contribution in [3.8, 4) is 0 Å². The Labute approximate surface area is 171 Å². The predicted molar refractivity (Wildman–Crippen MR) is 102 cm³/mol. The number of carbonyl (C=O) groups excluding carboxylic acids is 4. The Hall–Kier alpha value is -3.60. The van der Waals surface area contributed by atoms with E-state index in [0.717, 1.165) is 10.5 Å². The van der Waals surface area contributed by atoms with Gasteiger partial charge in [-0.25, -0.2) is 0 Å². The number of nitro groups is 1. The van der Waals surface area contributed by atoms with E-state index in [4.69, 9.17) is 4.74 Å². The van der Waals surface area contributed by atoms with E-state index in [2.05, 4.69) is 21.2 Å². The molecule has 148 valence electrons. The van der Waals surface area contributed by atoms with Crippen molar-refractivity contribution in [3.05, 3.63) is 68.2 Å². The zero-order chi connectivity index (χ0) is 21.1. The van der Waals surface area contributed by atoms with E-state index in [-0.39, 0.29) is 11.1 Å². The highest BCUT2D eigenvalue weighted by Gasteiger charge is 2.41. The van der Waals surface area contributed by atoms with Gasteiger partial charge in [-0.1, -0.05) is 28.1 Å². The van der Waals surface area contributed by atoms with Crippen LogP contribution in [0.25, 0.3) is 0 Å². The number of esters is 1. The number of nitrogens with one attached hydrogen (secondary N) is 1. The normalized spacial score (nSPS) is 12.5. The molecule has 1 aliphatic heterocycles. The van der Waals surface area contributed by atoms with Crippen molar-refractivity contribution in [1.82, 2.24) is 4.90 Å². The summed E-state index contributed by atoms with van der Waals surface area (Å²) in [6.45, 7) is -1.40. The van der Waals surface area contributed by atoms with Crippen LogP contribution in [-0.4, -0.2) is 46.7 Å². The zero-order valence-electron chi connectivity index (χ0n) is 14.6. The van der Waals surface area contributed by atoms with Gasteiger partial charge in [-0.3, -0.25) is 34.2 Å². The summed E-state index contributed by atoms with van der Waals surface area (Å²) in [5, 5.41) is 13.6. The zero-order valence-corrected chi connectivity index (χ0v) is 16.2. The van der Waals surface area contributed by atoms with Gasteiger partial charge in [0, 0.05) is 16.2 Å². The van der Waals surface area contributed by atoms with Gasteiger partial charge in [0.05, 0.1) is 10.5 Å². The van der Waals surface area contributed by atoms with Gasteiger partial charge in [-0.15, -0.1) is 0 Å². The minimum atomic E-state index is -1.01. The maximum absolute atomic E-state index is 12.4. The lowest BCUT2D eigenvalue weighted by atomic mass is 10.1. The third-order valence-corrected chi connectivity index (χ3v) is 4.43. The fourth-order valence-corrected chi connectivity index (χ4v) is 3.09. The van der Waals surface area contributed by atoms with Crippen LogP contribution < -0.4 is 5.32 Å². The molecule has 0 radical (unpaired) electrons. The molecule has 3 rings (SSSR count). The number of halogens is 1. The van der Waals surface area contributed by atoms with Crippen LogP contribution in [0.2, 0.25) is 0 Å². The first-order valence-corrected chi connectivity index (χ1v) is 8.92. The van der Waals surface area contributed by atoms with Gasteiger partial charge in [0.2, 0.25) is 0 Å². The first-order valence-electron chi connectivity index (χ1n) is 8.12. The Bertz CT molecular complexity index is 1050. The van der Waals surface area contributed by atoms with Crippen molar-refractivity contribution in [2.45, 2.75) is 0 Å². The second kappa shape index (κ2) is 8.19. The molecule has 1 N–H and O–H groups in total. The van der Waals surface area contributed by atoms with E-state index >= 15 is 0 Å². The molecule has 2 aromatic rings. The molecule has 0 saturated carbocycles. The number of imide groups is 1. The van der Waals surface area contributed by atoms with Gasteiger partial charge < -0.3 is 10.1 Å². The lowest BCUT2D eigenvalue weighted by Crippen LogP contribution is -2.36. The molecule has 1 heterocycles. The third-order valence-electron chi connectivity index (χ3n) is 3.93. The molecule has 2 aromatic carbocycles. The van der Waals surface area contributed by atoms with Crippen LogP contribution in [0.1, 0.15) is 20.7 Å². The molecule has 0 fully saturated rings. The van der Waals surface area contributed by atoms with Crippen LogP contribution in [0.4, 0.5) is 11.4 Å². The number of hydrogen-bond donors (Lipinski definition) is 1. The van der Waals surface area contributed by atoms with Crippen LogP contribution in [0.5, 0.6) is 0 Å². The van der Waals surface area contributed by atoms with Gasteiger partial charge in [0.1, 0.15) is 12.1 Å². The van der Waals surface area contributed by atoms with Gasteiger partial charge >= 0.3 is 5.97 Å². The molecule has 10 nitrogen and oxygen atoms in total. The number of anilines is 1. The standard InChI is InChI=1S/C18H12BrN3O7/c19-10-3-1-4-11(7-10)20-14(23)9-29-15(24)8-21-17(25)12-5-2-6-13(22(27)28)16(12)18(21)26/h1-7H,8-9H2,(H,20,23). The smallest absolute Gasteiger partial charge is 0.326 e. The molecule has 0 unspecified atom stereocenters. The van der Waals surface area contributed by atoms with Crippen molar-refractivity contribution in [2.24, 2.45) is 0 Å². The number of rotatable bonds is 6. The summed E-state index contributed by atoms with van der Waals surface area (Å²) in [6, 6.07) is 10.4. The maximum Gasteiger partial charge on any atom is 0.326 e. The maximum atomic E-state index is 12.4. The number of carbonyl (C=O) groups is 4. The monoisotopic (exact) mass is 461 g/mol. The summed E-state index contributed by atoms with van der Waals surface area (Å²) < 4.78 is 5.54. The fraction of sp³-hybridized carbons (Fsp3) is 0.111. The van der Waals surface area contributed by atoms with Crippen molar-refractivity contribution in [1.29, 1.82) is 0 Å². The van der Waals surface area contributed by atoms with Crippen LogP contribution in [0, 0.1) is 10.1 Å². The van der Waals surface area contributed by atoms with Crippen molar-refractivity contribution in [2.75, 3.05) is 18.5 Å². The number of nitro benzene ring substituents is 1. The van der Waals surface area contributed by atoms with Crippen LogP contribution >= 0.6 is 15.9 Å². The van der Waals surface area contributed by atoms with E-state index in [1.54, 1.807) is 24.3 Å². The highest BCUT2D eigenvalue weighted by molar-refractivity contribution is 9.10. The quantitative estimate of drug-likeness (QED) is 0.301. The Morgan fingerprint density at radius 3 is 2.55 bits per heavy atom. The molecule has 0 bridgehead atoms. The molecular formula is C18H12BrN3O7. The van der Waals surface area contributed by atoms with E-state index in [1.165, 1.54) is 12.1 Å². The third kappa shape index (κ3) is 4.29. The highest BCUT2D eigenvalue weighted by Crippen LogP contribution is 2.30. The molecule has 1 aliphatic rings. The first kappa shape index (κ1) is 20.1. The van der Waals surface area contributed by atoms with Gasteiger partial charge in [0.25, 0.3) is 23.4 Å². The SMILES string of the molecule is O=C(COC(=O)CN1C(=O)c2cccc([N+](=O)[O-])c2C1=O)Nc1cccc(Br)c1. The van der Waals surface area contributed by atoms with Crippen LogP contribution in [-0.2, 0) is 14.3 Å². The molecule has 0 atom stereocenters. The van der Waals surface area contributed by atoms with Crippen LogP contribution in [0.3, 0.4) is 0 Å². The topological polar surface area (TPSA) is 136 Å². The average molecular weight is 462 g/mol. The molecule has 3 amide bonds. The Morgan fingerprint density at radius 2 is 1.86 bits per heavy atom. The molecule has 0 aromatic heterocycles. The number of benzene rings is 2. The van der Waals surface area contributed by atoms with Gasteiger partial charge in [0.15, 0.2) is 6.61 Å². The van der Waals surface area contributed by atoms with E-state index in [9.17, 15) is 29.3 Å². The molecule has 0 aliphatic carbocycles. The number of ether oxygens (including phenoxy) is 1. The first-order chi connectivity index (χ1) is 13.8. The minimum Gasteiger partial charge on any atom is -0.454 e. The van der Waals surface area contributed by atoms with Crippen molar-refractivity contribution in [3.63, 3.8) is 0 Å². The molecule has 0 saturated heterocycles. The average Bonchev–Trinajstić information content (AvgIpc) is 2.91. The Balaban J connectivity index is 1.60. The lowest BCUT2D eigenvalue weighted by Gasteiger charge is -2.13. The molecule has 29 heavy (non-hydrogen) atoms. The minimum absolute atomic E-state index is 0.163. The summed E-state index contributed by atoms with van der Waals surface area (Å²) in [7, 11) is 0. The summed E-state index contributed by atoms with van der Waals surface area (Å²) in [5.74, 6) is -3.43. The van der Waals surface area contributed by atoms with Crippen molar-refractivity contribution >= 4 is 51.0 Å². The second-order valence-electron chi connectivity index (χ2n) is 5.87. The summed E-state index contributed by atoms with van der Waals surface area (Å²) >= 11 is 3.25. The number of amides is 3. The fourth-order valence-electron chi connectivity index (χ4n) is 2.70. The number of hydrogen-bond acceptors (Lipinski definition) is 7. The van der Waals surface area contributed by atoms with Crippen molar-refractivity contribution < 1.29 is 28.8 Å². The van der Waals surface area contributed by atoms with Crippen LogP contribution in [0.15, 0.2) is 46.9 Å². The second-order valence-corrected chi connectivity index (χ2v) is 6.79. The molecule has 0 spiro atoms. The Morgan fingerprint density at radius 1 is 1.14 bits per heavy atom. The van der Waals surface area contributed by atoms with Gasteiger partial charge in [-0.05, 0) is 24.3 Å². The predicted octanol–water partition coefficient (Wildman–Crippen LogP) is 2.14. The molecular weight excluding hydrogens is 450 g/mol. The number of nitrogens with zero attached hydrogens (tertiary/aromatic N) is 2. The summed E-state index contributed by atoms with van der Waals surface area (Å²) in [5.41, 5.74) is -0.578. The number of fused-ring (bicyclic) bond motifs is 1. The summed E-state index contributed by atoms with van der Waals surface area (Å²) in [6.07, 6.45) is 0. The van der Waals surface area contributed by atoms with Gasteiger partial charge in [-0.2, -0.15) is 0 Å². The van der Waals surface area contributed by atoms with E-state index < -0.39 is 47.5 Å². The molecule has 11 heteroatoms. The van der Waals surface area contributed by atoms with E-state index in [1.807, 2.05) is 0 Å². The summed E-state index contributed by atoms with van der Waals surface area (Å²) in [4.78, 5) is 59.4. The highest BCUT2D eigenvalue weighted by atomic mass is 79.9. The van der Waals surface area contributed by atoms with E-state index in [0.29, 0.717) is 10.6 Å². The Kier molecular flexibility index (Phi) is 5.69.